The third-order valence-electron chi connectivity index (χ3n) is 3.89. The molecule has 2 rings (SSSR count). The minimum atomic E-state index is -4.37. The van der Waals surface area contributed by atoms with Gasteiger partial charge in [0.25, 0.3) is 0 Å². The molecule has 0 fully saturated rings. The molecule has 0 spiro atoms. The van der Waals surface area contributed by atoms with Gasteiger partial charge < -0.3 is 14.8 Å². The van der Waals surface area contributed by atoms with Gasteiger partial charge in [0, 0.05) is 19.6 Å². The summed E-state index contributed by atoms with van der Waals surface area (Å²) in [4.78, 5) is 1.59. The van der Waals surface area contributed by atoms with Gasteiger partial charge >= 0.3 is 51.4 Å². The van der Waals surface area contributed by atoms with E-state index in [1.807, 2.05) is 12.1 Å². The molecule has 0 aliphatic rings. The summed E-state index contributed by atoms with van der Waals surface area (Å²) in [5, 5.41) is 20.7. The second-order valence-corrected chi connectivity index (χ2v) is 7.40. The minimum Gasteiger partial charge on any atom is -0.748 e. The van der Waals surface area contributed by atoms with Crippen LogP contribution in [0.15, 0.2) is 60.7 Å². The molecule has 0 saturated heterocycles. The maximum absolute atomic E-state index is 10.9. The first-order chi connectivity index (χ1) is 11.8. The van der Waals surface area contributed by atoms with E-state index < -0.39 is 28.1 Å². The fourth-order valence-corrected chi connectivity index (χ4v) is 3.03. The molecule has 2 aromatic rings. The summed E-state index contributed by atoms with van der Waals surface area (Å²) >= 11 is 0. The molecule has 0 aromatic heterocycles. The SMILES string of the molecule is O=S(=O)([O-])CCN(CC(O)c1ccccc1)CC(O)c1ccccc1.[K+]. The molecule has 0 heterocycles. The fourth-order valence-electron chi connectivity index (χ4n) is 2.55. The molecule has 0 radical (unpaired) electrons. The van der Waals surface area contributed by atoms with Crippen LogP contribution in [0, 0.1) is 0 Å². The first-order valence-electron chi connectivity index (χ1n) is 7.97. The molecule has 0 aliphatic heterocycles. The second kappa shape index (κ2) is 11.7. The third-order valence-corrected chi connectivity index (χ3v) is 4.57. The van der Waals surface area contributed by atoms with Crippen molar-refractivity contribution in [1.82, 2.24) is 4.90 Å². The van der Waals surface area contributed by atoms with Crippen molar-refractivity contribution in [2.24, 2.45) is 0 Å². The van der Waals surface area contributed by atoms with Gasteiger partial charge in [-0.1, -0.05) is 60.7 Å². The Morgan fingerprint density at radius 3 is 1.58 bits per heavy atom. The van der Waals surface area contributed by atoms with Gasteiger partial charge in [0.05, 0.1) is 28.1 Å². The van der Waals surface area contributed by atoms with Crippen molar-refractivity contribution in [3.05, 3.63) is 71.8 Å². The largest absolute Gasteiger partial charge is 1.00 e. The summed E-state index contributed by atoms with van der Waals surface area (Å²) < 4.78 is 32.8. The quantitative estimate of drug-likeness (QED) is 0.383. The normalized spacial score (nSPS) is 13.8. The van der Waals surface area contributed by atoms with Crippen LogP contribution in [-0.4, -0.2) is 53.5 Å². The number of rotatable bonds is 9. The van der Waals surface area contributed by atoms with Crippen LogP contribution in [0.5, 0.6) is 0 Å². The zero-order valence-corrected chi connectivity index (χ0v) is 18.7. The summed E-state index contributed by atoms with van der Waals surface area (Å²) in [6, 6.07) is 17.9. The molecule has 0 aliphatic carbocycles. The summed E-state index contributed by atoms with van der Waals surface area (Å²) in [6.45, 7) is 0.173. The van der Waals surface area contributed by atoms with Gasteiger partial charge in [-0.15, -0.1) is 0 Å². The number of aliphatic hydroxyl groups excluding tert-OH is 2. The van der Waals surface area contributed by atoms with E-state index in [1.165, 1.54) is 0 Å². The van der Waals surface area contributed by atoms with E-state index in [9.17, 15) is 23.2 Å². The number of nitrogens with zero attached hydrogens (tertiary/aromatic N) is 1. The van der Waals surface area contributed by atoms with Gasteiger partial charge in [0.2, 0.25) is 0 Å². The van der Waals surface area contributed by atoms with Crippen LogP contribution in [0.4, 0.5) is 0 Å². The third kappa shape index (κ3) is 8.70. The molecule has 2 N–H and O–H groups in total. The van der Waals surface area contributed by atoms with Gasteiger partial charge in [0.15, 0.2) is 0 Å². The van der Waals surface area contributed by atoms with Crippen LogP contribution in [-0.2, 0) is 10.1 Å². The average Bonchev–Trinajstić information content (AvgIpc) is 2.60. The Labute approximate surface area is 197 Å². The Morgan fingerprint density at radius 1 is 0.846 bits per heavy atom. The number of aliphatic hydroxyl groups is 2. The van der Waals surface area contributed by atoms with Crippen molar-refractivity contribution in [2.45, 2.75) is 12.2 Å². The van der Waals surface area contributed by atoms with Crippen molar-refractivity contribution >= 4 is 10.1 Å². The molecule has 0 amide bonds. The topological polar surface area (TPSA) is 101 Å². The predicted molar refractivity (Wildman–Crippen MR) is 93.8 cm³/mol. The van der Waals surface area contributed by atoms with Crippen LogP contribution < -0.4 is 51.4 Å². The number of benzene rings is 2. The molecule has 26 heavy (non-hydrogen) atoms. The molecule has 0 saturated carbocycles. The maximum Gasteiger partial charge on any atom is 1.00 e. The first kappa shape index (κ1) is 23.9. The molecule has 136 valence electrons. The Balaban J connectivity index is 0.00000338. The summed E-state index contributed by atoms with van der Waals surface area (Å²) in [7, 11) is -4.37. The van der Waals surface area contributed by atoms with Gasteiger partial charge in [-0.3, -0.25) is 4.90 Å². The molecule has 8 heteroatoms. The van der Waals surface area contributed by atoms with Gasteiger partial charge in [0.1, 0.15) is 0 Å². The Hall–Kier alpha value is -0.134. The van der Waals surface area contributed by atoms with Crippen LogP contribution in [0.1, 0.15) is 23.3 Å². The summed E-state index contributed by atoms with van der Waals surface area (Å²) in [6.07, 6.45) is -1.70. The van der Waals surface area contributed by atoms with Crippen LogP contribution in [0.3, 0.4) is 0 Å². The van der Waals surface area contributed by atoms with Crippen molar-refractivity contribution < 1.29 is 74.6 Å². The number of hydrogen-bond acceptors (Lipinski definition) is 6. The van der Waals surface area contributed by atoms with E-state index in [-0.39, 0.29) is 71.0 Å². The van der Waals surface area contributed by atoms with Crippen molar-refractivity contribution in [3.8, 4) is 0 Å². The maximum atomic E-state index is 10.9. The van der Waals surface area contributed by atoms with Crippen LogP contribution in [0.2, 0.25) is 0 Å². The standard InChI is InChI=1S/C18H23NO5S.K/c20-17(15-7-3-1-4-8-15)13-19(11-12-25(22,23)24)14-18(21)16-9-5-2-6-10-16;/h1-10,17-18,20-21H,11-14H2,(H,22,23,24);/q;+1/p-1. The molecule has 6 nitrogen and oxygen atoms in total. The van der Waals surface area contributed by atoms with Crippen molar-refractivity contribution in [3.63, 3.8) is 0 Å². The zero-order chi connectivity index (χ0) is 18.3. The van der Waals surface area contributed by atoms with Crippen LogP contribution >= 0.6 is 0 Å². The Kier molecular flexibility index (Phi) is 10.7. The molecular formula is C18H22KNO5S. The van der Waals surface area contributed by atoms with Crippen molar-refractivity contribution in [1.29, 1.82) is 0 Å². The van der Waals surface area contributed by atoms with Crippen molar-refractivity contribution in [2.75, 3.05) is 25.4 Å². The summed E-state index contributed by atoms with van der Waals surface area (Å²) in [5.74, 6) is -0.573. The Bertz CT molecular complexity index is 695. The zero-order valence-electron chi connectivity index (χ0n) is 14.7. The minimum absolute atomic E-state index is 0. The molecule has 2 atom stereocenters. The number of hydrogen-bond donors (Lipinski definition) is 2. The van der Waals surface area contributed by atoms with E-state index in [1.54, 1.807) is 53.4 Å². The molecular weight excluding hydrogens is 381 g/mol. The fraction of sp³-hybridized carbons (Fsp3) is 0.333. The van der Waals surface area contributed by atoms with E-state index in [2.05, 4.69) is 0 Å². The monoisotopic (exact) mass is 403 g/mol. The van der Waals surface area contributed by atoms with E-state index in [4.69, 9.17) is 0 Å². The molecule has 2 unspecified atom stereocenters. The Morgan fingerprint density at radius 2 is 1.23 bits per heavy atom. The first-order valence-corrected chi connectivity index (χ1v) is 9.55. The summed E-state index contributed by atoms with van der Waals surface area (Å²) in [5.41, 5.74) is 1.37. The van der Waals surface area contributed by atoms with E-state index in [0.29, 0.717) is 11.1 Å². The van der Waals surface area contributed by atoms with Gasteiger partial charge in [-0.05, 0) is 11.1 Å². The molecule has 2 aromatic carbocycles. The van der Waals surface area contributed by atoms with Gasteiger partial charge in [-0.2, -0.15) is 0 Å². The van der Waals surface area contributed by atoms with Crippen LogP contribution in [0.25, 0.3) is 0 Å². The average molecular weight is 404 g/mol. The van der Waals surface area contributed by atoms with Gasteiger partial charge in [-0.25, -0.2) is 8.42 Å². The molecule has 0 bridgehead atoms. The smallest absolute Gasteiger partial charge is 0.748 e. The second-order valence-electron chi connectivity index (χ2n) is 5.87. The predicted octanol–water partition coefficient (Wildman–Crippen LogP) is -1.70. The van der Waals surface area contributed by atoms with E-state index in [0.717, 1.165) is 0 Å². The van der Waals surface area contributed by atoms with E-state index >= 15 is 0 Å².